The van der Waals surface area contributed by atoms with Gasteiger partial charge in [0.2, 0.25) is 0 Å². The molecule has 1 atom stereocenters. The number of halogens is 1. The van der Waals surface area contributed by atoms with Gasteiger partial charge in [0.25, 0.3) is 5.91 Å². The second kappa shape index (κ2) is 7.42. The summed E-state index contributed by atoms with van der Waals surface area (Å²) in [6, 6.07) is 13.8. The van der Waals surface area contributed by atoms with Gasteiger partial charge in [-0.15, -0.1) is 0 Å². The highest BCUT2D eigenvalue weighted by molar-refractivity contribution is 14.1. The lowest BCUT2D eigenvalue weighted by Gasteiger charge is -2.36. The fourth-order valence-electron chi connectivity index (χ4n) is 3.16. The maximum absolute atomic E-state index is 12.6. The molecule has 0 unspecified atom stereocenters. The molecule has 3 rings (SSSR count). The van der Waals surface area contributed by atoms with Crippen molar-refractivity contribution >= 4 is 45.6 Å². The van der Waals surface area contributed by atoms with E-state index in [2.05, 4.69) is 39.7 Å². The normalized spacial score (nSPS) is 17.6. The third-order valence-electron chi connectivity index (χ3n) is 4.49. The largest absolute Gasteiger partial charge is 0.399 e. The topological polar surface area (TPSA) is 58.4 Å². The monoisotopic (exact) mass is 435 g/mol. The number of anilines is 3. The van der Waals surface area contributed by atoms with E-state index in [0.717, 1.165) is 21.5 Å². The molecule has 3 N–H and O–H groups in total. The van der Waals surface area contributed by atoms with Crippen LogP contribution in [0.3, 0.4) is 0 Å². The zero-order valence-corrected chi connectivity index (χ0v) is 15.9. The van der Waals surface area contributed by atoms with Crippen LogP contribution in [-0.2, 0) is 0 Å². The van der Waals surface area contributed by atoms with Gasteiger partial charge in [-0.3, -0.25) is 4.79 Å². The van der Waals surface area contributed by atoms with E-state index in [9.17, 15) is 4.79 Å². The summed E-state index contributed by atoms with van der Waals surface area (Å²) in [4.78, 5) is 14.9. The highest BCUT2D eigenvalue weighted by atomic mass is 127. The molecule has 0 aliphatic carbocycles. The fourth-order valence-corrected chi connectivity index (χ4v) is 3.52. The molecule has 0 saturated carbocycles. The Labute approximate surface area is 156 Å². The van der Waals surface area contributed by atoms with Crippen LogP contribution in [0.2, 0.25) is 0 Å². The van der Waals surface area contributed by atoms with Crippen molar-refractivity contribution in [2.24, 2.45) is 0 Å². The molecule has 126 valence electrons. The molecular weight excluding hydrogens is 413 g/mol. The summed E-state index contributed by atoms with van der Waals surface area (Å²) >= 11 is 2.23. The van der Waals surface area contributed by atoms with Crippen LogP contribution in [0.4, 0.5) is 17.1 Å². The molecule has 1 heterocycles. The number of amides is 1. The van der Waals surface area contributed by atoms with Crippen LogP contribution in [0.15, 0.2) is 42.5 Å². The number of nitrogen functional groups attached to an aromatic ring is 1. The van der Waals surface area contributed by atoms with Crippen LogP contribution >= 0.6 is 22.6 Å². The molecule has 0 aromatic heterocycles. The Morgan fingerprint density at radius 1 is 1.21 bits per heavy atom. The Morgan fingerprint density at radius 2 is 1.96 bits per heavy atom. The molecule has 0 spiro atoms. The first-order valence-corrected chi connectivity index (χ1v) is 9.35. The number of carbonyl (C=O) groups is 1. The van der Waals surface area contributed by atoms with Crippen LogP contribution in [0.1, 0.15) is 36.5 Å². The van der Waals surface area contributed by atoms with Crippen molar-refractivity contribution < 1.29 is 4.79 Å². The van der Waals surface area contributed by atoms with Gasteiger partial charge in [0.15, 0.2) is 0 Å². The first kappa shape index (κ1) is 17.1. The second-order valence-electron chi connectivity index (χ2n) is 6.28. The maximum atomic E-state index is 12.6. The van der Waals surface area contributed by atoms with Gasteiger partial charge in [-0.25, -0.2) is 0 Å². The molecule has 1 aliphatic rings. The van der Waals surface area contributed by atoms with E-state index < -0.39 is 0 Å². The van der Waals surface area contributed by atoms with Crippen molar-refractivity contribution in [3.05, 3.63) is 51.6 Å². The SMILES string of the molecule is C[C@H]1CCCCN1c1ccc(N)cc1NC(=O)c1ccc(I)cc1. The fraction of sp³-hybridized carbons (Fsp3) is 0.316. The molecule has 1 aliphatic heterocycles. The van der Waals surface area contributed by atoms with Gasteiger partial charge in [-0.1, -0.05) is 0 Å². The molecule has 0 radical (unpaired) electrons. The highest BCUT2D eigenvalue weighted by Gasteiger charge is 2.22. The van der Waals surface area contributed by atoms with E-state index in [1.807, 2.05) is 42.5 Å². The lowest BCUT2D eigenvalue weighted by Crippen LogP contribution is -2.38. The number of hydrogen-bond donors (Lipinski definition) is 2. The Balaban J connectivity index is 1.87. The number of nitrogens with two attached hydrogens (primary N) is 1. The van der Waals surface area contributed by atoms with E-state index in [4.69, 9.17) is 5.73 Å². The van der Waals surface area contributed by atoms with Crippen molar-refractivity contribution in [3.8, 4) is 0 Å². The summed E-state index contributed by atoms with van der Waals surface area (Å²) in [5.41, 5.74) is 9.09. The average molecular weight is 435 g/mol. The molecule has 5 heteroatoms. The van der Waals surface area contributed by atoms with Gasteiger partial charge in [0.1, 0.15) is 0 Å². The first-order chi connectivity index (χ1) is 11.5. The molecule has 0 bridgehead atoms. The van der Waals surface area contributed by atoms with Gasteiger partial charge in [0, 0.05) is 27.4 Å². The molecule has 4 nitrogen and oxygen atoms in total. The number of hydrogen-bond acceptors (Lipinski definition) is 3. The number of nitrogens with one attached hydrogen (secondary N) is 1. The van der Waals surface area contributed by atoms with Crippen LogP contribution < -0.4 is 16.0 Å². The van der Waals surface area contributed by atoms with E-state index in [1.165, 1.54) is 19.3 Å². The zero-order valence-electron chi connectivity index (χ0n) is 13.8. The second-order valence-corrected chi connectivity index (χ2v) is 7.52. The van der Waals surface area contributed by atoms with Gasteiger partial charge in [-0.05, 0) is 91.2 Å². The van der Waals surface area contributed by atoms with Crippen LogP contribution in [0.5, 0.6) is 0 Å². The van der Waals surface area contributed by atoms with Crippen molar-refractivity contribution in [1.29, 1.82) is 0 Å². The summed E-state index contributed by atoms with van der Waals surface area (Å²) in [6.07, 6.45) is 3.62. The molecule has 1 saturated heterocycles. The summed E-state index contributed by atoms with van der Waals surface area (Å²) in [5.74, 6) is -0.108. The third kappa shape index (κ3) is 3.83. The molecule has 2 aromatic rings. The summed E-state index contributed by atoms with van der Waals surface area (Å²) in [5, 5.41) is 3.04. The standard InChI is InChI=1S/C19H22IN3O/c1-13-4-2-3-11-23(13)18-10-9-16(21)12-17(18)22-19(24)14-5-7-15(20)8-6-14/h5-10,12-13H,2-4,11,21H2,1H3,(H,22,24)/t13-/m0/s1. The van der Waals surface area contributed by atoms with Crippen molar-refractivity contribution in [2.75, 3.05) is 22.5 Å². The van der Waals surface area contributed by atoms with Crippen LogP contribution in [0.25, 0.3) is 0 Å². The van der Waals surface area contributed by atoms with Gasteiger partial charge in [-0.2, -0.15) is 0 Å². The van der Waals surface area contributed by atoms with Crippen molar-refractivity contribution in [3.63, 3.8) is 0 Å². The number of nitrogens with zero attached hydrogens (tertiary/aromatic N) is 1. The Bertz CT molecular complexity index is 730. The minimum absolute atomic E-state index is 0.108. The quantitative estimate of drug-likeness (QED) is 0.551. The molecule has 2 aromatic carbocycles. The summed E-state index contributed by atoms with van der Waals surface area (Å²) in [6.45, 7) is 3.25. The van der Waals surface area contributed by atoms with E-state index >= 15 is 0 Å². The summed E-state index contributed by atoms with van der Waals surface area (Å²) in [7, 11) is 0. The minimum Gasteiger partial charge on any atom is -0.399 e. The lowest BCUT2D eigenvalue weighted by atomic mass is 10.0. The Hall–Kier alpha value is -1.76. The van der Waals surface area contributed by atoms with Gasteiger partial charge < -0.3 is 16.0 Å². The Morgan fingerprint density at radius 3 is 2.67 bits per heavy atom. The van der Waals surface area contributed by atoms with Crippen LogP contribution in [-0.4, -0.2) is 18.5 Å². The minimum atomic E-state index is -0.108. The number of benzene rings is 2. The summed E-state index contributed by atoms with van der Waals surface area (Å²) < 4.78 is 1.11. The van der Waals surface area contributed by atoms with E-state index in [1.54, 1.807) is 0 Å². The van der Waals surface area contributed by atoms with Crippen molar-refractivity contribution in [1.82, 2.24) is 0 Å². The number of piperidine rings is 1. The zero-order chi connectivity index (χ0) is 17.1. The average Bonchev–Trinajstić information content (AvgIpc) is 2.56. The highest BCUT2D eigenvalue weighted by Crippen LogP contribution is 2.33. The predicted molar refractivity (Wildman–Crippen MR) is 109 cm³/mol. The number of carbonyl (C=O) groups excluding carboxylic acids is 1. The van der Waals surface area contributed by atoms with E-state index in [-0.39, 0.29) is 5.91 Å². The smallest absolute Gasteiger partial charge is 0.255 e. The molecule has 1 fully saturated rings. The lowest BCUT2D eigenvalue weighted by molar-refractivity contribution is 0.102. The maximum Gasteiger partial charge on any atom is 0.255 e. The molecule has 1 amide bonds. The number of rotatable bonds is 3. The predicted octanol–water partition coefficient (Wildman–Crippen LogP) is 4.50. The van der Waals surface area contributed by atoms with Crippen LogP contribution in [0, 0.1) is 3.57 Å². The van der Waals surface area contributed by atoms with Gasteiger partial charge >= 0.3 is 0 Å². The van der Waals surface area contributed by atoms with Gasteiger partial charge in [0.05, 0.1) is 11.4 Å². The van der Waals surface area contributed by atoms with Crippen molar-refractivity contribution in [2.45, 2.75) is 32.2 Å². The third-order valence-corrected chi connectivity index (χ3v) is 5.21. The molecular formula is C19H22IN3O. The Kier molecular flexibility index (Phi) is 5.28. The first-order valence-electron chi connectivity index (χ1n) is 8.27. The molecule has 24 heavy (non-hydrogen) atoms. The van der Waals surface area contributed by atoms with E-state index in [0.29, 0.717) is 17.3 Å².